The van der Waals surface area contributed by atoms with E-state index in [1.807, 2.05) is 55.5 Å². The van der Waals surface area contributed by atoms with Crippen molar-refractivity contribution in [3.63, 3.8) is 0 Å². The second-order valence-corrected chi connectivity index (χ2v) is 8.81. The fourth-order valence-electron chi connectivity index (χ4n) is 3.29. The molecule has 31 heavy (non-hydrogen) atoms. The number of aromatic nitrogens is 2. The summed E-state index contributed by atoms with van der Waals surface area (Å²) in [6, 6.07) is 17.2. The Balaban J connectivity index is 1.37. The highest BCUT2D eigenvalue weighted by Gasteiger charge is 2.15. The van der Waals surface area contributed by atoms with Gasteiger partial charge in [0, 0.05) is 16.4 Å². The van der Waals surface area contributed by atoms with E-state index in [0.717, 1.165) is 31.8 Å². The summed E-state index contributed by atoms with van der Waals surface area (Å²) in [5.41, 5.74) is 2.94. The lowest BCUT2D eigenvalue weighted by molar-refractivity contribution is -0.120. The van der Waals surface area contributed by atoms with Crippen LogP contribution in [0.15, 0.2) is 54.6 Å². The molecule has 0 bridgehead atoms. The average molecular weight is 453 g/mol. The number of nitrogens with zero attached hydrogens (tertiary/aromatic N) is 1. The van der Waals surface area contributed by atoms with E-state index in [1.54, 1.807) is 6.07 Å². The van der Waals surface area contributed by atoms with Crippen LogP contribution in [-0.2, 0) is 29.0 Å². The zero-order valence-corrected chi connectivity index (χ0v) is 18.4. The van der Waals surface area contributed by atoms with Gasteiger partial charge in [0.1, 0.15) is 10.6 Å². The molecule has 0 aliphatic heterocycles. The normalized spacial score (nSPS) is 10.9. The molecule has 8 heteroatoms. The number of thiophene rings is 1. The monoisotopic (exact) mass is 452 g/mol. The Morgan fingerprint density at radius 2 is 1.90 bits per heavy atom. The van der Waals surface area contributed by atoms with Crippen LogP contribution < -0.4 is 10.6 Å². The smallest absolute Gasteiger partial charge is 0.229 e. The van der Waals surface area contributed by atoms with Crippen LogP contribution in [0.3, 0.4) is 0 Å². The van der Waals surface area contributed by atoms with Crippen molar-refractivity contribution in [1.29, 1.82) is 0 Å². The lowest BCUT2D eigenvalue weighted by Gasteiger charge is -2.06. The van der Waals surface area contributed by atoms with Crippen LogP contribution in [0.25, 0.3) is 10.2 Å². The number of fused-ring (bicyclic) bond motifs is 1. The standard InChI is InChI=1S/C23H21ClN4O2S/c1-14-5-4-6-15(9-14)10-21(30)26-22-18-11-17(31-23(18)28-27-22)12-20(29)25-13-16-7-2-3-8-19(16)24/h2-9,11H,10,12-13H2,1H3,(H,25,29)(H2,26,27,28,30). The topological polar surface area (TPSA) is 86.9 Å². The van der Waals surface area contributed by atoms with Crippen LogP contribution in [0.4, 0.5) is 5.82 Å². The van der Waals surface area contributed by atoms with Crippen molar-refractivity contribution >= 4 is 50.8 Å². The van der Waals surface area contributed by atoms with E-state index in [1.165, 1.54) is 11.3 Å². The van der Waals surface area contributed by atoms with Crippen molar-refractivity contribution < 1.29 is 9.59 Å². The van der Waals surface area contributed by atoms with E-state index in [-0.39, 0.29) is 24.7 Å². The minimum atomic E-state index is -0.124. The van der Waals surface area contributed by atoms with Gasteiger partial charge in [0.05, 0.1) is 18.2 Å². The molecule has 3 N–H and O–H groups in total. The predicted octanol–water partition coefficient (Wildman–Crippen LogP) is 4.63. The maximum atomic E-state index is 12.4. The number of rotatable bonds is 7. The molecule has 2 aromatic heterocycles. The Hall–Kier alpha value is -3.16. The summed E-state index contributed by atoms with van der Waals surface area (Å²) >= 11 is 7.55. The molecule has 0 radical (unpaired) electrons. The Labute approximate surface area is 188 Å². The summed E-state index contributed by atoms with van der Waals surface area (Å²) in [5.74, 6) is 0.325. The Bertz CT molecular complexity index is 1250. The number of aryl methyl sites for hydroxylation is 1. The molecule has 0 aliphatic rings. The fraction of sp³-hybridized carbons (Fsp3) is 0.174. The first-order valence-corrected chi connectivity index (χ1v) is 11.0. The highest BCUT2D eigenvalue weighted by molar-refractivity contribution is 7.18. The molecule has 0 aliphatic carbocycles. The average Bonchev–Trinajstić information content (AvgIpc) is 3.28. The number of carbonyl (C=O) groups is 2. The molecule has 0 unspecified atom stereocenters. The molecule has 0 fully saturated rings. The van der Waals surface area contributed by atoms with Crippen LogP contribution >= 0.6 is 22.9 Å². The van der Waals surface area contributed by atoms with Crippen molar-refractivity contribution in [1.82, 2.24) is 15.5 Å². The number of hydrogen-bond donors (Lipinski definition) is 3. The van der Waals surface area contributed by atoms with Crippen LogP contribution in [-0.4, -0.2) is 22.0 Å². The van der Waals surface area contributed by atoms with Crippen LogP contribution in [0.1, 0.15) is 21.6 Å². The van der Waals surface area contributed by atoms with Gasteiger partial charge in [-0.1, -0.05) is 59.6 Å². The summed E-state index contributed by atoms with van der Waals surface area (Å²) in [6.07, 6.45) is 0.520. The number of amides is 2. The van der Waals surface area contributed by atoms with E-state index in [2.05, 4.69) is 20.8 Å². The maximum Gasteiger partial charge on any atom is 0.229 e. The lowest BCUT2D eigenvalue weighted by Crippen LogP contribution is -2.24. The fourth-order valence-corrected chi connectivity index (χ4v) is 4.48. The molecule has 2 aromatic carbocycles. The van der Waals surface area contributed by atoms with E-state index in [0.29, 0.717) is 17.4 Å². The van der Waals surface area contributed by atoms with Gasteiger partial charge in [-0.3, -0.25) is 14.7 Å². The van der Waals surface area contributed by atoms with Crippen molar-refractivity contribution in [2.75, 3.05) is 5.32 Å². The van der Waals surface area contributed by atoms with Crippen LogP contribution in [0, 0.1) is 6.92 Å². The molecule has 0 atom stereocenters. The molecule has 0 saturated heterocycles. The molecule has 4 aromatic rings. The van der Waals surface area contributed by atoms with Gasteiger partial charge in [-0.05, 0) is 30.2 Å². The molecule has 2 amide bonds. The van der Waals surface area contributed by atoms with Crippen molar-refractivity contribution in [2.24, 2.45) is 0 Å². The van der Waals surface area contributed by atoms with E-state index in [4.69, 9.17) is 11.6 Å². The summed E-state index contributed by atoms with van der Waals surface area (Å²) < 4.78 is 0. The Kier molecular flexibility index (Phi) is 6.34. The minimum Gasteiger partial charge on any atom is -0.352 e. The first-order valence-electron chi connectivity index (χ1n) is 9.80. The molecule has 0 spiro atoms. The Morgan fingerprint density at radius 1 is 1.06 bits per heavy atom. The zero-order chi connectivity index (χ0) is 21.8. The van der Waals surface area contributed by atoms with E-state index < -0.39 is 0 Å². The zero-order valence-electron chi connectivity index (χ0n) is 16.9. The van der Waals surface area contributed by atoms with Gasteiger partial charge in [0.25, 0.3) is 0 Å². The quantitative estimate of drug-likeness (QED) is 0.382. The maximum absolute atomic E-state index is 12.4. The van der Waals surface area contributed by atoms with Crippen molar-refractivity contribution in [3.05, 3.63) is 81.2 Å². The number of benzene rings is 2. The third-order valence-corrected chi connectivity index (χ3v) is 6.18. The number of anilines is 1. The molecule has 2 heterocycles. The third-order valence-electron chi connectivity index (χ3n) is 4.78. The van der Waals surface area contributed by atoms with Gasteiger partial charge in [-0.2, -0.15) is 5.10 Å². The summed E-state index contributed by atoms with van der Waals surface area (Å²) in [5, 5.41) is 14.3. The van der Waals surface area contributed by atoms with Gasteiger partial charge >= 0.3 is 0 Å². The number of aromatic amines is 1. The van der Waals surface area contributed by atoms with Crippen molar-refractivity contribution in [3.8, 4) is 0 Å². The highest BCUT2D eigenvalue weighted by atomic mass is 35.5. The molecular weight excluding hydrogens is 432 g/mol. The first-order chi connectivity index (χ1) is 15.0. The third kappa shape index (κ3) is 5.31. The van der Waals surface area contributed by atoms with E-state index in [9.17, 15) is 9.59 Å². The SMILES string of the molecule is Cc1cccc(CC(=O)Nc2[nH]nc3sc(CC(=O)NCc4ccccc4Cl)cc23)c1. The Morgan fingerprint density at radius 3 is 2.71 bits per heavy atom. The molecular formula is C23H21ClN4O2S. The van der Waals surface area contributed by atoms with E-state index >= 15 is 0 Å². The second kappa shape index (κ2) is 9.32. The number of carbonyl (C=O) groups excluding carboxylic acids is 2. The summed E-state index contributed by atoms with van der Waals surface area (Å²) in [4.78, 5) is 26.4. The number of nitrogens with one attached hydrogen (secondary N) is 3. The van der Waals surface area contributed by atoms with Gasteiger partial charge in [-0.25, -0.2) is 0 Å². The molecule has 4 rings (SSSR count). The highest BCUT2D eigenvalue weighted by Crippen LogP contribution is 2.29. The van der Waals surface area contributed by atoms with Crippen molar-refractivity contribution in [2.45, 2.75) is 26.3 Å². The number of hydrogen-bond acceptors (Lipinski definition) is 4. The lowest BCUT2D eigenvalue weighted by atomic mass is 10.1. The molecule has 0 saturated carbocycles. The first kappa shape index (κ1) is 21.1. The van der Waals surface area contributed by atoms with Gasteiger partial charge in [0.15, 0.2) is 0 Å². The summed E-state index contributed by atoms with van der Waals surface area (Å²) in [7, 11) is 0. The molecule has 158 valence electrons. The number of H-pyrrole nitrogens is 1. The van der Waals surface area contributed by atoms with Gasteiger partial charge < -0.3 is 10.6 Å². The minimum absolute atomic E-state index is 0.0992. The summed E-state index contributed by atoms with van der Waals surface area (Å²) in [6.45, 7) is 2.37. The van der Waals surface area contributed by atoms with Gasteiger partial charge in [-0.15, -0.1) is 11.3 Å². The number of halogens is 1. The van der Waals surface area contributed by atoms with Crippen LogP contribution in [0.2, 0.25) is 5.02 Å². The van der Waals surface area contributed by atoms with Crippen LogP contribution in [0.5, 0.6) is 0 Å². The van der Waals surface area contributed by atoms with Gasteiger partial charge in [0.2, 0.25) is 11.8 Å². The second-order valence-electron chi connectivity index (χ2n) is 7.29. The predicted molar refractivity (Wildman–Crippen MR) is 124 cm³/mol. The largest absolute Gasteiger partial charge is 0.352 e. The molecule has 6 nitrogen and oxygen atoms in total.